The smallest absolute Gasteiger partial charge is 0.375 e. The van der Waals surface area contributed by atoms with Crippen molar-refractivity contribution in [3.8, 4) is 0 Å². The fourth-order valence-electron chi connectivity index (χ4n) is 3.82. The predicted molar refractivity (Wildman–Crippen MR) is 106 cm³/mol. The van der Waals surface area contributed by atoms with Crippen molar-refractivity contribution in [1.29, 1.82) is 0 Å². The molecule has 160 valence electrons. The van der Waals surface area contributed by atoms with Crippen molar-refractivity contribution in [3.63, 3.8) is 0 Å². The number of nitrogens with zero attached hydrogens (tertiary/aromatic N) is 3. The molecule has 1 aromatic carbocycles. The SMILES string of the molecule is CCC(O)(c1cn(Cc2ccc3c(C4CCC4)c(C(N)=O)sc3c2)nn1)C(F)(F)F. The molecule has 1 amide bonds. The van der Waals surface area contributed by atoms with E-state index in [9.17, 15) is 23.1 Å². The number of fused-ring (bicyclic) bond motifs is 1. The third-order valence-electron chi connectivity index (χ3n) is 5.82. The molecule has 0 aliphatic heterocycles. The Morgan fingerprint density at radius 1 is 1.37 bits per heavy atom. The molecule has 3 N–H and O–H groups in total. The van der Waals surface area contributed by atoms with Crippen LogP contribution in [0.1, 0.15) is 65.0 Å². The van der Waals surface area contributed by atoms with E-state index in [1.54, 1.807) is 0 Å². The Bertz CT molecular complexity index is 1100. The van der Waals surface area contributed by atoms with Gasteiger partial charge in [-0.25, -0.2) is 4.68 Å². The summed E-state index contributed by atoms with van der Waals surface area (Å²) in [5.41, 5.74) is 3.83. The number of aromatic nitrogens is 3. The van der Waals surface area contributed by atoms with Crippen LogP contribution in [0.5, 0.6) is 0 Å². The van der Waals surface area contributed by atoms with Gasteiger partial charge in [0.2, 0.25) is 5.60 Å². The van der Waals surface area contributed by atoms with Gasteiger partial charge in [0.15, 0.2) is 0 Å². The van der Waals surface area contributed by atoms with Gasteiger partial charge >= 0.3 is 6.18 Å². The lowest BCUT2D eigenvalue weighted by Gasteiger charge is -2.26. The number of rotatable bonds is 6. The summed E-state index contributed by atoms with van der Waals surface area (Å²) in [5.74, 6) is -0.0920. The number of aliphatic hydroxyl groups is 1. The van der Waals surface area contributed by atoms with Gasteiger partial charge in [-0.1, -0.05) is 30.7 Å². The topological polar surface area (TPSA) is 94.0 Å². The highest BCUT2D eigenvalue weighted by Crippen LogP contribution is 2.45. The van der Waals surface area contributed by atoms with Gasteiger partial charge in [-0.3, -0.25) is 4.79 Å². The molecule has 3 aromatic rings. The highest BCUT2D eigenvalue weighted by atomic mass is 32.1. The highest BCUT2D eigenvalue weighted by molar-refractivity contribution is 7.21. The second kappa shape index (κ2) is 7.35. The lowest BCUT2D eigenvalue weighted by atomic mass is 9.78. The molecule has 0 saturated heterocycles. The summed E-state index contributed by atoms with van der Waals surface area (Å²) in [4.78, 5) is 12.5. The molecule has 6 nitrogen and oxygen atoms in total. The zero-order valence-electron chi connectivity index (χ0n) is 16.2. The van der Waals surface area contributed by atoms with Crippen molar-refractivity contribution >= 4 is 27.3 Å². The second-order valence-corrected chi connectivity index (χ2v) is 8.73. The molecule has 1 aliphatic carbocycles. The monoisotopic (exact) mass is 438 g/mol. The first kappa shape index (κ1) is 20.8. The average molecular weight is 438 g/mol. The van der Waals surface area contributed by atoms with Crippen LogP contribution >= 0.6 is 11.3 Å². The number of amides is 1. The molecule has 1 atom stereocenters. The molecule has 10 heteroatoms. The van der Waals surface area contributed by atoms with Crippen LogP contribution in [-0.2, 0) is 12.1 Å². The van der Waals surface area contributed by atoms with Crippen molar-refractivity contribution in [2.45, 2.75) is 56.8 Å². The van der Waals surface area contributed by atoms with Crippen molar-refractivity contribution in [3.05, 3.63) is 46.1 Å². The molecule has 1 fully saturated rings. The molecule has 4 rings (SSSR count). The molecule has 2 heterocycles. The number of alkyl halides is 3. The van der Waals surface area contributed by atoms with E-state index in [0.717, 1.165) is 46.7 Å². The second-order valence-electron chi connectivity index (χ2n) is 7.68. The van der Waals surface area contributed by atoms with Crippen LogP contribution in [0.25, 0.3) is 10.1 Å². The van der Waals surface area contributed by atoms with Gasteiger partial charge in [-0.15, -0.1) is 16.4 Å². The Morgan fingerprint density at radius 2 is 2.10 bits per heavy atom. The van der Waals surface area contributed by atoms with E-state index in [1.165, 1.54) is 22.9 Å². The number of halogens is 3. The van der Waals surface area contributed by atoms with Gasteiger partial charge in [0.1, 0.15) is 5.69 Å². The van der Waals surface area contributed by atoms with Crippen LogP contribution in [0.15, 0.2) is 24.4 Å². The van der Waals surface area contributed by atoms with Gasteiger partial charge in [-0.2, -0.15) is 13.2 Å². The molecule has 0 bridgehead atoms. The van der Waals surface area contributed by atoms with Gasteiger partial charge in [-0.05, 0) is 47.8 Å². The average Bonchev–Trinajstić information content (AvgIpc) is 3.24. The zero-order chi connectivity index (χ0) is 21.7. The lowest BCUT2D eigenvalue weighted by molar-refractivity contribution is -0.269. The largest absolute Gasteiger partial charge is 0.423 e. The molecule has 30 heavy (non-hydrogen) atoms. The van der Waals surface area contributed by atoms with E-state index in [0.29, 0.717) is 10.8 Å². The maximum Gasteiger partial charge on any atom is 0.423 e. The number of thiophene rings is 1. The van der Waals surface area contributed by atoms with Crippen LogP contribution in [0.3, 0.4) is 0 Å². The molecule has 1 aliphatic rings. The van der Waals surface area contributed by atoms with Crippen molar-refractivity contribution in [2.24, 2.45) is 5.73 Å². The number of carbonyl (C=O) groups excluding carboxylic acids is 1. The van der Waals surface area contributed by atoms with E-state index in [1.807, 2.05) is 18.2 Å². The normalized spacial score (nSPS) is 17.1. The fourth-order valence-corrected chi connectivity index (χ4v) is 5.03. The molecule has 2 aromatic heterocycles. The Hall–Kier alpha value is -2.46. The Balaban J connectivity index is 1.64. The highest BCUT2D eigenvalue weighted by Gasteiger charge is 2.55. The maximum absolute atomic E-state index is 13.2. The Kier molecular flexibility index (Phi) is 5.09. The minimum Gasteiger partial charge on any atom is -0.375 e. The summed E-state index contributed by atoms with van der Waals surface area (Å²) in [5, 5.41) is 18.3. The Labute approximate surface area is 174 Å². The summed E-state index contributed by atoms with van der Waals surface area (Å²) in [7, 11) is 0. The summed E-state index contributed by atoms with van der Waals surface area (Å²) in [6.45, 7) is 1.43. The van der Waals surface area contributed by atoms with Crippen LogP contribution in [-0.4, -0.2) is 32.2 Å². The third-order valence-corrected chi connectivity index (χ3v) is 7.00. The first-order valence-corrected chi connectivity index (χ1v) is 10.5. The predicted octanol–water partition coefficient (Wildman–Crippen LogP) is 4.07. The minimum atomic E-state index is -4.85. The first-order valence-electron chi connectivity index (χ1n) is 9.69. The van der Waals surface area contributed by atoms with Crippen molar-refractivity contribution in [2.75, 3.05) is 0 Å². The number of carbonyl (C=O) groups is 1. The van der Waals surface area contributed by atoms with Gasteiger partial charge < -0.3 is 10.8 Å². The molecule has 0 radical (unpaired) electrons. The molecule has 0 spiro atoms. The summed E-state index contributed by atoms with van der Waals surface area (Å²) in [6, 6.07) is 5.68. The van der Waals surface area contributed by atoms with Gasteiger partial charge in [0.25, 0.3) is 5.91 Å². The van der Waals surface area contributed by atoms with Crippen LogP contribution in [0, 0.1) is 0 Å². The fraction of sp³-hybridized carbons (Fsp3) is 0.450. The molecular formula is C20H21F3N4O2S. The number of benzene rings is 1. The van der Waals surface area contributed by atoms with Crippen LogP contribution in [0.2, 0.25) is 0 Å². The van der Waals surface area contributed by atoms with Crippen molar-refractivity contribution < 1.29 is 23.1 Å². The van der Waals surface area contributed by atoms with Crippen LogP contribution < -0.4 is 5.73 Å². The summed E-state index contributed by atoms with van der Waals surface area (Å²) in [6.07, 6.45) is -1.08. The Morgan fingerprint density at radius 3 is 2.67 bits per heavy atom. The molecular weight excluding hydrogens is 417 g/mol. The summed E-state index contributed by atoms with van der Waals surface area (Å²) >= 11 is 1.34. The zero-order valence-corrected chi connectivity index (χ0v) is 17.1. The number of nitrogens with two attached hydrogens (primary N) is 1. The maximum atomic E-state index is 13.2. The lowest BCUT2D eigenvalue weighted by Crippen LogP contribution is -2.42. The van der Waals surface area contributed by atoms with E-state index in [4.69, 9.17) is 5.73 Å². The first-order chi connectivity index (χ1) is 14.1. The molecule has 1 unspecified atom stereocenters. The third kappa shape index (κ3) is 3.37. The van der Waals surface area contributed by atoms with E-state index in [2.05, 4.69) is 10.3 Å². The van der Waals surface area contributed by atoms with Gasteiger partial charge in [0.05, 0.1) is 17.6 Å². The minimum absolute atomic E-state index is 0.184. The van der Waals surface area contributed by atoms with Crippen LogP contribution in [0.4, 0.5) is 13.2 Å². The standard InChI is InChI=1S/C20H21F3N4O2S/c1-2-19(29,20(21,22)23)15-10-27(26-25-15)9-11-6-7-13-14(8-11)30-17(18(24)28)16(13)12-4-3-5-12/h6-8,10,12,29H,2-5,9H2,1H3,(H2,24,28). The van der Waals surface area contributed by atoms with E-state index >= 15 is 0 Å². The van der Waals surface area contributed by atoms with E-state index < -0.39 is 29.8 Å². The number of hydrogen-bond donors (Lipinski definition) is 2. The number of hydrogen-bond acceptors (Lipinski definition) is 5. The quantitative estimate of drug-likeness (QED) is 0.607. The molecule has 1 saturated carbocycles. The number of primary amides is 1. The van der Waals surface area contributed by atoms with E-state index in [-0.39, 0.29) is 6.54 Å². The van der Waals surface area contributed by atoms with Gasteiger partial charge in [0, 0.05) is 4.70 Å². The van der Waals surface area contributed by atoms with Crippen molar-refractivity contribution in [1.82, 2.24) is 15.0 Å². The summed E-state index contributed by atoms with van der Waals surface area (Å²) < 4.78 is 41.9.